The van der Waals surface area contributed by atoms with Crippen LogP contribution in [0, 0.1) is 5.92 Å². The van der Waals surface area contributed by atoms with Crippen LogP contribution >= 0.6 is 0 Å². The number of rotatable bonds is 4. The molecule has 1 fully saturated rings. The van der Waals surface area contributed by atoms with Crippen molar-refractivity contribution in [2.24, 2.45) is 5.92 Å². The van der Waals surface area contributed by atoms with E-state index in [4.69, 9.17) is 0 Å². The number of likely N-dealkylation sites (tertiary alicyclic amines) is 1. The summed E-state index contributed by atoms with van der Waals surface area (Å²) in [5.74, 6) is 0.955. The van der Waals surface area contributed by atoms with E-state index in [0.717, 1.165) is 18.7 Å². The highest BCUT2D eigenvalue weighted by molar-refractivity contribution is 5.38. The van der Waals surface area contributed by atoms with E-state index >= 15 is 0 Å². The molecule has 0 amide bonds. The zero-order valence-corrected chi connectivity index (χ0v) is 10.9. The number of phenols is 2. The Bertz CT molecular complexity index is 395. The van der Waals surface area contributed by atoms with E-state index in [1.165, 1.54) is 25.5 Å². The maximum atomic E-state index is 9.66. The Morgan fingerprint density at radius 3 is 2.94 bits per heavy atom. The number of hydrogen-bond acceptors (Lipinski definition) is 4. The topological polar surface area (TPSA) is 55.7 Å². The van der Waals surface area contributed by atoms with Crippen LogP contribution in [0.5, 0.6) is 11.5 Å². The highest BCUT2D eigenvalue weighted by Crippen LogP contribution is 2.22. The molecule has 4 heteroatoms. The first-order valence-corrected chi connectivity index (χ1v) is 6.55. The van der Waals surface area contributed by atoms with Crippen molar-refractivity contribution in [2.75, 3.05) is 26.7 Å². The highest BCUT2D eigenvalue weighted by atomic mass is 16.3. The van der Waals surface area contributed by atoms with E-state index < -0.39 is 0 Å². The average Bonchev–Trinajstić information content (AvgIpc) is 2.32. The molecular weight excluding hydrogens is 228 g/mol. The largest absolute Gasteiger partial charge is 0.508 e. The first kappa shape index (κ1) is 13.2. The van der Waals surface area contributed by atoms with Crippen LogP contribution in [0.1, 0.15) is 18.4 Å². The van der Waals surface area contributed by atoms with Gasteiger partial charge in [-0.3, -0.25) is 0 Å². The van der Waals surface area contributed by atoms with Crippen LogP contribution in [0.25, 0.3) is 0 Å². The lowest BCUT2D eigenvalue weighted by molar-refractivity contribution is 0.206. The molecule has 4 nitrogen and oxygen atoms in total. The summed E-state index contributed by atoms with van der Waals surface area (Å²) < 4.78 is 0. The fourth-order valence-electron chi connectivity index (χ4n) is 2.55. The molecule has 0 spiro atoms. The first-order chi connectivity index (χ1) is 8.65. The molecule has 1 unspecified atom stereocenters. The molecule has 1 aromatic carbocycles. The number of nitrogens with zero attached hydrogens (tertiary/aromatic N) is 1. The van der Waals surface area contributed by atoms with Gasteiger partial charge in [-0.15, -0.1) is 0 Å². The van der Waals surface area contributed by atoms with Crippen LogP contribution in [0.2, 0.25) is 0 Å². The Hall–Kier alpha value is -1.26. The Balaban J connectivity index is 1.77. The van der Waals surface area contributed by atoms with Gasteiger partial charge in [-0.2, -0.15) is 0 Å². The minimum Gasteiger partial charge on any atom is -0.508 e. The van der Waals surface area contributed by atoms with E-state index in [1.807, 2.05) is 0 Å². The number of nitrogens with one attached hydrogen (secondary N) is 1. The van der Waals surface area contributed by atoms with Gasteiger partial charge in [-0.1, -0.05) is 6.07 Å². The predicted molar refractivity (Wildman–Crippen MR) is 71.7 cm³/mol. The zero-order valence-electron chi connectivity index (χ0n) is 10.9. The molecule has 0 bridgehead atoms. The third kappa shape index (κ3) is 3.62. The van der Waals surface area contributed by atoms with Crippen molar-refractivity contribution in [3.05, 3.63) is 23.8 Å². The molecular formula is C14H22N2O2. The molecule has 1 aliphatic rings. The Morgan fingerprint density at radius 1 is 1.39 bits per heavy atom. The summed E-state index contributed by atoms with van der Waals surface area (Å²) in [5, 5.41) is 22.3. The summed E-state index contributed by atoms with van der Waals surface area (Å²) in [6.45, 7) is 3.97. The molecule has 1 aromatic rings. The van der Waals surface area contributed by atoms with E-state index in [-0.39, 0.29) is 11.5 Å². The molecule has 1 atom stereocenters. The SMILES string of the molecule is CN1CCCC(CNCc2ccc(O)cc2O)C1. The predicted octanol–water partition coefficient (Wildman–Crippen LogP) is 1.53. The second kappa shape index (κ2) is 6.07. The molecule has 0 saturated carbocycles. The van der Waals surface area contributed by atoms with Crippen LogP contribution in [0.3, 0.4) is 0 Å². The Morgan fingerprint density at radius 2 is 2.22 bits per heavy atom. The van der Waals surface area contributed by atoms with Gasteiger partial charge in [-0.05, 0) is 45.0 Å². The fourth-order valence-corrected chi connectivity index (χ4v) is 2.55. The van der Waals surface area contributed by atoms with Gasteiger partial charge in [-0.25, -0.2) is 0 Å². The Labute approximate surface area is 108 Å². The second-order valence-corrected chi connectivity index (χ2v) is 5.21. The van der Waals surface area contributed by atoms with E-state index in [2.05, 4.69) is 17.3 Å². The van der Waals surface area contributed by atoms with Crippen LogP contribution in [-0.2, 0) is 6.54 Å². The molecule has 1 saturated heterocycles. The quantitative estimate of drug-likeness (QED) is 0.758. The summed E-state index contributed by atoms with van der Waals surface area (Å²) in [4.78, 5) is 2.37. The van der Waals surface area contributed by atoms with Crippen LogP contribution in [0.15, 0.2) is 18.2 Å². The highest BCUT2D eigenvalue weighted by Gasteiger charge is 2.16. The van der Waals surface area contributed by atoms with Gasteiger partial charge >= 0.3 is 0 Å². The monoisotopic (exact) mass is 250 g/mol. The number of hydrogen-bond donors (Lipinski definition) is 3. The summed E-state index contributed by atoms with van der Waals surface area (Å²) >= 11 is 0. The summed E-state index contributed by atoms with van der Waals surface area (Å²) in [7, 11) is 2.16. The van der Waals surface area contributed by atoms with Crippen molar-refractivity contribution in [1.82, 2.24) is 10.2 Å². The van der Waals surface area contributed by atoms with E-state index in [9.17, 15) is 10.2 Å². The van der Waals surface area contributed by atoms with Crippen LogP contribution in [0.4, 0.5) is 0 Å². The zero-order chi connectivity index (χ0) is 13.0. The minimum atomic E-state index is 0.102. The number of aromatic hydroxyl groups is 2. The second-order valence-electron chi connectivity index (χ2n) is 5.21. The lowest BCUT2D eigenvalue weighted by atomic mass is 9.98. The van der Waals surface area contributed by atoms with Crippen molar-refractivity contribution in [3.63, 3.8) is 0 Å². The third-order valence-corrected chi connectivity index (χ3v) is 3.54. The number of piperidine rings is 1. The molecule has 100 valence electrons. The minimum absolute atomic E-state index is 0.102. The maximum Gasteiger partial charge on any atom is 0.123 e. The average molecular weight is 250 g/mol. The van der Waals surface area contributed by atoms with Crippen molar-refractivity contribution in [3.8, 4) is 11.5 Å². The molecule has 3 N–H and O–H groups in total. The fraction of sp³-hybridized carbons (Fsp3) is 0.571. The molecule has 1 aliphatic heterocycles. The number of benzene rings is 1. The van der Waals surface area contributed by atoms with Gasteiger partial charge in [0.05, 0.1) is 0 Å². The van der Waals surface area contributed by atoms with Crippen LogP contribution < -0.4 is 5.32 Å². The van der Waals surface area contributed by atoms with Gasteiger partial charge in [0.15, 0.2) is 0 Å². The van der Waals surface area contributed by atoms with Gasteiger partial charge < -0.3 is 20.4 Å². The lowest BCUT2D eigenvalue weighted by Crippen LogP contribution is -2.37. The third-order valence-electron chi connectivity index (χ3n) is 3.54. The summed E-state index contributed by atoms with van der Waals surface area (Å²) in [6.07, 6.45) is 2.55. The van der Waals surface area contributed by atoms with Crippen molar-refractivity contribution in [1.29, 1.82) is 0 Å². The Kier molecular flexibility index (Phi) is 4.44. The van der Waals surface area contributed by atoms with Gasteiger partial charge in [0.2, 0.25) is 0 Å². The molecule has 1 heterocycles. The van der Waals surface area contributed by atoms with Gasteiger partial charge in [0.1, 0.15) is 11.5 Å². The molecule has 18 heavy (non-hydrogen) atoms. The smallest absolute Gasteiger partial charge is 0.123 e. The molecule has 0 aliphatic carbocycles. The van der Waals surface area contributed by atoms with E-state index in [0.29, 0.717) is 12.5 Å². The normalized spacial score (nSPS) is 21.1. The van der Waals surface area contributed by atoms with Gasteiger partial charge in [0.25, 0.3) is 0 Å². The molecule has 0 aromatic heterocycles. The van der Waals surface area contributed by atoms with E-state index in [1.54, 1.807) is 12.1 Å². The summed E-state index contributed by atoms with van der Waals surface area (Å²) in [6, 6.07) is 4.74. The summed E-state index contributed by atoms with van der Waals surface area (Å²) in [5.41, 5.74) is 0.831. The maximum absolute atomic E-state index is 9.66. The molecule has 2 rings (SSSR count). The van der Waals surface area contributed by atoms with Crippen molar-refractivity contribution in [2.45, 2.75) is 19.4 Å². The first-order valence-electron chi connectivity index (χ1n) is 6.55. The van der Waals surface area contributed by atoms with Crippen LogP contribution in [-0.4, -0.2) is 41.8 Å². The standard InChI is InChI=1S/C14H22N2O2/c1-16-6-2-3-11(10-16)8-15-9-12-4-5-13(17)7-14(12)18/h4-5,7,11,15,17-18H,2-3,6,8-10H2,1H3. The lowest BCUT2D eigenvalue weighted by Gasteiger charge is -2.29. The van der Waals surface area contributed by atoms with Crippen molar-refractivity contribution < 1.29 is 10.2 Å². The van der Waals surface area contributed by atoms with Gasteiger partial charge in [0, 0.05) is 24.7 Å². The van der Waals surface area contributed by atoms with Crippen molar-refractivity contribution >= 4 is 0 Å². The number of phenolic OH excluding ortho intramolecular Hbond substituents is 2. The molecule has 0 radical (unpaired) electrons.